The Kier molecular flexibility index (Phi) is 5.82. The van der Waals surface area contributed by atoms with E-state index in [4.69, 9.17) is 4.74 Å². The Balaban J connectivity index is 1.51. The number of nitrogens with one attached hydrogen (secondary N) is 1. The highest BCUT2D eigenvalue weighted by Crippen LogP contribution is 2.22. The molecule has 0 radical (unpaired) electrons. The van der Waals surface area contributed by atoms with Gasteiger partial charge in [0.15, 0.2) is 0 Å². The highest BCUT2D eigenvalue weighted by atomic mass is 16.5. The molecule has 0 saturated heterocycles. The molecule has 1 N–H and O–H groups in total. The van der Waals surface area contributed by atoms with Gasteiger partial charge in [-0.2, -0.15) is 0 Å². The average Bonchev–Trinajstić information content (AvgIpc) is 3.16. The number of nitrogens with zero attached hydrogens (tertiary/aromatic N) is 4. The number of amides is 2. The van der Waals surface area contributed by atoms with E-state index in [-0.39, 0.29) is 6.03 Å². The Labute approximate surface area is 152 Å². The summed E-state index contributed by atoms with van der Waals surface area (Å²) in [4.78, 5) is 22.1. The van der Waals surface area contributed by atoms with Crippen LogP contribution in [0, 0.1) is 0 Å². The number of imidazole rings is 1. The summed E-state index contributed by atoms with van der Waals surface area (Å²) in [5.41, 5.74) is 0.671. The van der Waals surface area contributed by atoms with Gasteiger partial charge in [0.2, 0.25) is 5.88 Å². The van der Waals surface area contributed by atoms with Crippen LogP contribution in [0.15, 0.2) is 67.4 Å². The second-order valence-electron chi connectivity index (χ2n) is 5.80. The number of carbonyl (C=O) groups is 1. The zero-order valence-electron chi connectivity index (χ0n) is 14.6. The molecule has 0 aliphatic heterocycles. The van der Waals surface area contributed by atoms with Gasteiger partial charge < -0.3 is 19.5 Å². The molecule has 0 aliphatic carbocycles. The largest absolute Gasteiger partial charge is 0.439 e. The van der Waals surface area contributed by atoms with E-state index in [0.29, 0.717) is 23.9 Å². The molecule has 2 heterocycles. The first-order chi connectivity index (χ1) is 12.7. The van der Waals surface area contributed by atoms with E-state index in [2.05, 4.69) is 15.3 Å². The number of benzene rings is 1. The fraction of sp³-hybridized carbons (Fsp3) is 0.211. The normalized spacial score (nSPS) is 10.3. The molecular weight excluding hydrogens is 330 g/mol. The van der Waals surface area contributed by atoms with E-state index in [0.717, 1.165) is 13.0 Å². The molecule has 7 heteroatoms. The molecule has 0 spiro atoms. The summed E-state index contributed by atoms with van der Waals surface area (Å²) in [6, 6.07) is 12.5. The zero-order chi connectivity index (χ0) is 18.2. The standard InChI is InChI=1S/C19H21N5O2/c1-23(11-5-12-24-13-10-20-15-24)19(25)22-16-6-4-7-17(14-16)26-18-8-2-3-9-21-18/h2-4,6-10,13-15H,5,11-12H2,1H3,(H,22,25). The van der Waals surface area contributed by atoms with Gasteiger partial charge in [0.25, 0.3) is 0 Å². The molecule has 26 heavy (non-hydrogen) atoms. The minimum Gasteiger partial charge on any atom is -0.439 e. The third kappa shape index (κ3) is 5.07. The van der Waals surface area contributed by atoms with Crippen LogP contribution >= 0.6 is 0 Å². The van der Waals surface area contributed by atoms with E-state index >= 15 is 0 Å². The number of pyridine rings is 1. The summed E-state index contributed by atoms with van der Waals surface area (Å²) in [6.45, 7) is 1.47. The van der Waals surface area contributed by atoms with Crippen molar-refractivity contribution in [3.63, 3.8) is 0 Å². The quantitative estimate of drug-likeness (QED) is 0.705. The summed E-state index contributed by atoms with van der Waals surface area (Å²) >= 11 is 0. The van der Waals surface area contributed by atoms with Crippen molar-refractivity contribution in [1.29, 1.82) is 0 Å². The number of aromatic nitrogens is 3. The minimum absolute atomic E-state index is 0.161. The van der Waals surface area contributed by atoms with Gasteiger partial charge in [0, 0.05) is 56.5 Å². The number of hydrogen-bond acceptors (Lipinski definition) is 4. The predicted molar refractivity (Wildman–Crippen MR) is 99.2 cm³/mol. The molecule has 1 aromatic carbocycles. The molecule has 7 nitrogen and oxygen atoms in total. The number of hydrogen-bond donors (Lipinski definition) is 1. The van der Waals surface area contributed by atoms with Crippen LogP contribution in [-0.4, -0.2) is 39.1 Å². The maximum Gasteiger partial charge on any atom is 0.321 e. The van der Waals surface area contributed by atoms with Crippen molar-refractivity contribution in [3.8, 4) is 11.6 Å². The highest BCUT2D eigenvalue weighted by molar-refractivity contribution is 5.89. The van der Waals surface area contributed by atoms with Crippen LogP contribution in [-0.2, 0) is 6.54 Å². The first kappa shape index (κ1) is 17.5. The van der Waals surface area contributed by atoms with Gasteiger partial charge in [-0.05, 0) is 24.6 Å². The first-order valence-electron chi connectivity index (χ1n) is 8.37. The smallest absolute Gasteiger partial charge is 0.321 e. The lowest BCUT2D eigenvalue weighted by Crippen LogP contribution is -2.32. The molecule has 2 amide bonds. The number of carbonyl (C=O) groups excluding carboxylic acids is 1. The summed E-state index contributed by atoms with van der Waals surface area (Å²) < 4.78 is 7.67. The summed E-state index contributed by atoms with van der Waals surface area (Å²) in [7, 11) is 1.78. The molecule has 0 fully saturated rings. The molecule has 134 valence electrons. The van der Waals surface area contributed by atoms with Gasteiger partial charge in [-0.25, -0.2) is 14.8 Å². The van der Waals surface area contributed by atoms with Crippen molar-refractivity contribution in [2.24, 2.45) is 0 Å². The van der Waals surface area contributed by atoms with Crippen LogP contribution in [0.5, 0.6) is 11.6 Å². The fourth-order valence-electron chi connectivity index (χ4n) is 2.40. The van der Waals surface area contributed by atoms with Crippen molar-refractivity contribution in [3.05, 3.63) is 67.4 Å². The molecule has 0 bridgehead atoms. The fourth-order valence-corrected chi connectivity index (χ4v) is 2.40. The maximum atomic E-state index is 12.3. The summed E-state index contributed by atoms with van der Waals surface area (Å²) in [5.74, 6) is 1.12. The van der Waals surface area contributed by atoms with Crippen LogP contribution in [0.4, 0.5) is 10.5 Å². The van der Waals surface area contributed by atoms with E-state index in [1.807, 2.05) is 41.1 Å². The third-order valence-electron chi connectivity index (χ3n) is 3.76. The monoisotopic (exact) mass is 351 g/mol. The van der Waals surface area contributed by atoms with Crippen molar-refractivity contribution < 1.29 is 9.53 Å². The topological polar surface area (TPSA) is 72.3 Å². The van der Waals surface area contributed by atoms with Crippen LogP contribution in [0.1, 0.15) is 6.42 Å². The maximum absolute atomic E-state index is 12.3. The Bertz CT molecular complexity index is 821. The number of aryl methyl sites for hydroxylation is 1. The molecular formula is C19H21N5O2. The van der Waals surface area contributed by atoms with Gasteiger partial charge in [-0.1, -0.05) is 12.1 Å². The highest BCUT2D eigenvalue weighted by Gasteiger charge is 2.09. The van der Waals surface area contributed by atoms with Gasteiger partial charge >= 0.3 is 6.03 Å². The van der Waals surface area contributed by atoms with E-state index < -0.39 is 0 Å². The molecule has 0 unspecified atom stereocenters. The second kappa shape index (κ2) is 8.66. The lowest BCUT2D eigenvalue weighted by Gasteiger charge is -2.18. The summed E-state index contributed by atoms with van der Waals surface area (Å²) in [5, 5.41) is 2.88. The van der Waals surface area contributed by atoms with Crippen LogP contribution in [0.3, 0.4) is 0 Å². The van der Waals surface area contributed by atoms with Crippen molar-refractivity contribution in [2.75, 3.05) is 18.9 Å². The Morgan fingerprint density at radius 1 is 1.23 bits per heavy atom. The van der Waals surface area contributed by atoms with Crippen LogP contribution in [0.2, 0.25) is 0 Å². The SMILES string of the molecule is CN(CCCn1ccnc1)C(=O)Nc1cccc(Oc2ccccn2)c1. The minimum atomic E-state index is -0.161. The van der Waals surface area contributed by atoms with E-state index in [1.54, 1.807) is 42.8 Å². The number of urea groups is 1. The lowest BCUT2D eigenvalue weighted by atomic mass is 10.3. The second-order valence-corrected chi connectivity index (χ2v) is 5.80. The number of ether oxygens (including phenoxy) is 1. The Hall–Kier alpha value is -3.35. The average molecular weight is 351 g/mol. The van der Waals surface area contributed by atoms with Crippen molar-refractivity contribution in [2.45, 2.75) is 13.0 Å². The van der Waals surface area contributed by atoms with Gasteiger partial charge in [0.1, 0.15) is 5.75 Å². The molecule has 2 aromatic heterocycles. The van der Waals surface area contributed by atoms with E-state index in [9.17, 15) is 4.79 Å². The first-order valence-corrected chi connectivity index (χ1v) is 8.37. The molecule has 0 aliphatic rings. The summed E-state index contributed by atoms with van der Waals surface area (Å²) in [6.07, 6.45) is 7.94. The predicted octanol–water partition coefficient (Wildman–Crippen LogP) is 3.62. The zero-order valence-corrected chi connectivity index (χ0v) is 14.6. The van der Waals surface area contributed by atoms with Crippen LogP contribution < -0.4 is 10.1 Å². The third-order valence-corrected chi connectivity index (χ3v) is 3.76. The van der Waals surface area contributed by atoms with Gasteiger partial charge in [-0.3, -0.25) is 0 Å². The molecule has 0 saturated carbocycles. The van der Waals surface area contributed by atoms with Crippen LogP contribution in [0.25, 0.3) is 0 Å². The van der Waals surface area contributed by atoms with E-state index in [1.165, 1.54) is 0 Å². The Morgan fingerprint density at radius 3 is 2.92 bits per heavy atom. The number of rotatable bonds is 7. The Morgan fingerprint density at radius 2 is 2.15 bits per heavy atom. The molecule has 3 aromatic rings. The molecule has 3 rings (SSSR count). The van der Waals surface area contributed by atoms with Gasteiger partial charge in [0.05, 0.1) is 6.33 Å². The number of anilines is 1. The lowest BCUT2D eigenvalue weighted by molar-refractivity contribution is 0.221. The van der Waals surface area contributed by atoms with Gasteiger partial charge in [-0.15, -0.1) is 0 Å². The van der Waals surface area contributed by atoms with Crippen molar-refractivity contribution in [1.82, 2.24) is 19.4 Å². The van der Waals surface area contributed by atoms with Crippen molar-refractivity contribution >= 4 is 11.7 Å². The molecule has 0 atom stereocenters.